The zero-order valence-electron chi connectivity index (χ0n) is 19.9. The number of amides is 4. The quantitative estimate of drug-likeness (QED) is 0.634. The van der Waals surface area contributed by atoms with E-state index in [0.717, 1.165) is 32.1 Å². The van der Waals surface area contributed by atoms with Gasteiger partial charge in [0, 0.05) is 43.3 Å². The lowest BCUT2D eigenvalue weighted by Crippen LogP contribution is -2.50. The zero-order valence-corrected chi connectivity index (χ0v) is 19.9. The average molecular weight is 476 g/mol. The Labute approximate surface area is 204 Å². The Bertz CT molecular complexity index is 1160. The highest BCUT2D eigenvalue weighted by Gasteiger charge is 2.40. The van der Waals surface area contributed by atoms with E-state index in [-0.39, 0.29) is 29.7 Å². The van der Waals surface area contributed by atoms with Crippen LogP contribution in [0.2, 0.25) is 0 Å². The van der Waals surface area contributed by atoms with Gasteiger partial charge in [-0.05, 0) is 55.3 Å². The van der Waals surface area contributed by atoms with Crippen molar-refractivity contribution < 1.29 is 23.9 Å². The second-order valence-corrected chi connectivity index (χ2v) is 9.35. The van der Waals surface area contributed by atoms with Gasteiger partial charge >= 0.3 is 0 Å². The van der Waals surface area contributed by atoms with Crippen LogP contribution in [0.25, 0.3) is 0 Å². The Balaban J connectivity index is 1.24. The predicted octanol–water partition coefficient (Wildman–Crippen LogP) is 3.22. The molecular weight excluding hydrogens is 446 g/mol. The number of ether oxygens (including phenoxy) is 1. The topological polar surface area (TPSA) is 87.2 Å². The summed E-state index contributed by atoms with van der Waals surface area (Å²) in [6.07, 6.45) is 4.87. The smallest absolute Gasteiger partial charge is 0.261 e. The standard InChI is InChI=1S/C27H29N3O5/c1-35-21-10-7-18(8-11-21)24(31)28-13-15-29(16-14-28)25(32)19-9-12-22-23(17-19)27(34)30(26(22)33)20-5-3-2-4-6-20/h7-12,17,20H,2-6,13-16H2,1H3. The van der Waals surface area contributed by atoms with Gasteiger partial charge in [0.25, 0.3) is 23.6 Å². The van der Waals surface area contributed by atoms with Gasteiger partial charge in [-0.3, -0.25) is 24.1 Å². The molecule has 8 nitrogen and oxygen atoms in total. The first-order valence-electron chi connectivity index (χ1n) is 12.2. The Hall–Kier alpha value is -3.68. The molecule has 2 aromatic rings. The van der Waals surface area contributed by atoms with Crippen molar-refractivity contribution >= 4 is 23.6 Å². The van der Waals surface area contributed by atoms with Crippen LogP contribution in [0.5, 0.6) is 5.75 Å². The third-order valence-corrected chi connectivity index (χ3v) is 7.30. The maximum absolute atomic E-state index is 13.2. The lowest BCUT2D eigenvalue weighted by Gasteiger charge is -2.35. The number of nitrogens with zero attached hydrogens (tertiary/aromatic N) is 3. The molecule has 35 heavy (non-hydrogen) atoms. The lowest BCUT2D eigenvalue weighted by molar-refractivity contribution is 0.0535. The SMILES string of the molecule is COc1ccc(C(=O)N2CCN(C(=O)c3ccc4c(c3)C(=O)N(C3CCCCC3)C4=O)CC2)cc1. The molecule has 182 valence electrons. The maximum atomic E-state index is 13.2. The monoisotopic (exact) mass is 475 g/mol. The van der Waals surface area contributed by atoms with E-state index < -0.39 is 0 Å². The Morgan fingerprint density at radius 3 is 1.89 bits per heavy atom. The number of carbonyl (C=O) groups excluding carboxylic acids is 4. The summed E-state index contributed by atoms with van der Waals surface area (Å²) in [6, 6.07) is 11.7. The lowest BCUT2D eigenvalue weighted by atomic mass is 9.94. The van der Waals surface area contributed by atoms with Crippen molar-refractivity contribution in [3.05, 3.63) is 64.7 Å². The molecule has 3 aliphatic rings. The summed E-state index contributed by atoms with van der Waals surface area (Å²) in [4.78, 5) is 56.8. The van der Waals surface area contributed by atoms with Gasteiger partial charge in [0.15, 0.2) is 0 Å². The number of methoxy groups -OCH3 is 1. The van der Waals surface area contributed by atoms with Crippen molar-refractivity contribution in [2.45, 2.75) is 38.1 Å². The van der Waals surface area contributed by atoms with Crippen LogP contribution < -0.4 is 4.74 Å². The van der Waals surface area contributed by atoms with E-state index in [9.17, 15) is 19.2 Å². The summed E-state index contributed by atoms with van der Waals surface area (Å²) >= 11 is 0. The number of hydrogen-bond donors (Lipinski definition) is 0. The van der Waals surface area contributed by atoms with Crippen LogP contribution in [0, 0.1) is 0 Å². The van der Waals surface area contributed by atoms with Gasteiger partial charge in [0.1, 0.15) is 5.75 Å². The molecular formula is C27H29N3O5. The Kier molecular flexibility index (Phi) is 6.28. The van der Waals surface area contributed by atoms with Crippen molar-refractivity contribution in [1.82, 2.24) is 14.7 Å². The van der Waals surface area contributed by atoms with Crippen LogP contribution in [0.1, 0.15) is 73.5 Å². The van der Waals surface area contributed by atoms with Gasteiger partial charge in [0.05, 0.1) is 18.2 Å². The van der Waals surface area contributed by atoms with Crippen molar-refractivity contribution in [1.29, 1.82) is 0 Å². The summed E-state index contributed by atoms with van der Waals surface area (Å²) < 4.78 is 5.14. The molecule has 0 N–H and O–H groups in total. The first-order chi connectivity index (χ1) is 17.0. The molecule has 0 atom stereocenters. The Morgan fingerprint density at radius 1 is 0.743 bits per heavy atom. The third kappa shape index (κ3) is 4.29. The summed E-state index contributed by atoms with van der Waals surface area (Å²) in [5.41, 5.74) is 1.67. The molecule has 0 bridgehead atoms. The number of benzene rings is 2. The van der Waals surface area contributed by atoms with Crippen LogP contribution >= 0.6 is 0 Å². The van der Waals surface area contributed by atoms with Crippen LogP contribution in [0.4, 0.5) is 0 Å². The first kappa shape index (κ1) is 23.1. The largest absolute Gasteiger partial charge is 0.497 e. The number of piperazine rings is 1. The molecule has 2 heterocycles. The molecule has 2 aliphatic heterocycles. The minimum absolute atomic E-state index is 0.0494. The molecule has 1 saturated carbocycles. The van der Waals surface area contributed by atoms with Crippen molar-refractivity contribution in [2.75, 3.05) is 33.3 Å². The molecule has 1 aliphatic carbocycles. The molecule has 4 amide bonds. The highest BCUT2D eigenvalue weighted by Crippen LogP contribution is 2.31. The summed E-state index contributed by atoms with van der Waals surface area (Å²) in [6.45, 7) is 1.65. The Morgan fingerprint density at radius 2 is 1.29 bits per heavy atom. The second kappa shape index (κ2) is 9.52. The number of carbonyl (C=O) groups is 4. The van der Waals surface area contributed by atoms with Gasteiger partial charge in [0.2, 0.25) is 0 Å². The van der Waals surface area contributed by atoms with Gasteiger partial charge in [-0.1, -0.05) is 19.3 Å². The van der Waals surface area contributed by atoms with E-state index in [1.54, 1.807) is 59.4 Å². The molecule has 1 saturated heterocycles. The van der Waals surface area contributed by atoms with Crippen molar-refractivity contribution in [3.8, 4) is 5.75 Å². The fourth-order valence-electron chi connectivity index (χ4n) is 5.27. The molecule has 0 aromatic heterocycles. The van der Waals surface area contributed by atoms with Gasteiger partial charge in [-0.2, -0.15) is 0 Å². The van der Waals surface area contributed by atoms with E-state index in [4.69, 9.17) is 4.74 Å². The molecule has 8 heteroatoms. The van der Waals surface area contributed by atoms with E-state index in [1.165, 1.54) is 4.90 Å². The van der Waals surface area contributed by atoms with Gasteiger partial charge in [-0.25, -0.2) is 0 Å². The molecule has 0 radical (unpaired) electrons. The summed E-state index contributed by atoms with van der Waals surface area (Å²) in [5.74, 6) is -0.124. The average Bonchev–Trinajstić information content (AvgIpc) is 3.17. The third-order valence-electron chi connectivity index (χ3n) is 7.30. The fourth-order valence-corrected chi connectivity index (χ4v) is 5.27. The highest BCUT2D eigenvalue weighted by atomic mass is 16.5. The minimum atomic E-state index is -0.290. The minimum Gasteiger partial charge on any atom is -0.497 e. The van der Waals surface area contributed by atoms with E-state index in [2.05, 4.69) is 0 Å². The van der Waals surface area contributed by atoms with Crippen molar-refractivity contribution in [3.63, 3.8) is 0 Å². The zero-order chi connectivity index (χ0) is 24.5. The highest BCUT2D eigenvalue weighted by molar-refractivity contribution is 6.22. The fraction of sp³-hybridized carbons (Fsp3) is 0.407. The molecule has 2 aromatic carbocycles. The van der Waals surface area contributed by atoms with Crippen molar-refractivity contribution in [2.24, 2.45) is 0 Å². The van der Waals surface area contributed by atoms with E-state index in [0.29, 0.717) is 54.2 Å². The van der Waals surface area contributed by atoms with Crippen LogP contribution in [0.3, 0.4) is 0 Å². The number of hydrogen-bond acceptors (Lipinski definition) is 5. The number of rotatable bonds is 4. The molecule has 0 spiro atoms. The van der Waals surface area contributed by atoms with Crippen LogP contribution in [0.15, 0.2) is 42.5 Å². The summed E-state index contributed by atoms with van der Waals surface area (Å²) in [7, 11) is 1.58. The maximum Gasteiger partial charge on any atom is 0.261 e. The molecule has 0 unspecified atom stereocenters. The normalized spacial score (nSPS) is 18.6. The first-order valence-corrected chi connectivity index (χ1v) is 12.2. The van der Waals surface area contributed by atoms with Gasteiger partial charge in [-0.15, -0.1) is 0 Å². The van der Waals surface area contributed by atoms with Crippen LogP contribution in [-0.4, -0.2) is 77.7 Å². The van der Waals surface area contributed by atoms with E-state index >= 15 is 0 Å². The van der Waals surface area contributed by atoms with Crippen LogP contribution in [-0.2, 0) is 0 Å². The number of fused-ring (bicyclic) bond motifs is 1. The predicted molar refractivity (Wildman–Crippen MR) is 129 cm³/mol. The summed E-state index contributed by atoms with van der Waals surface area (Å²) in [5, 5.41) is 0. The second-order valence-electron chi connectivity index (χ2n) is 9.35. The molecule has 2 fully saturated rings. The van der Waals surface area contributed by atoms with E-state index in [1.807, 2.05) is 0 Å². The number of imide groups is 1. The van der Waals surface area contributed by atoms with Gasteiger partial charge < -0.3 is 14.5 Å². The molecule has 5 rings (SSSR count).